The number of morpholine rings is 1. The molecule has 0 spiro atoms. The number of hydrogen-bond acceptors (Lipinski definition) is 8. The highest BCUT2D eigenvalue weighted by Gasteiger charge is 2.46. The van der Waals surface area contributed by atoms with Gasteiger partial charge in [-0.25, -0.2) is 0 Å². The van der Waals surface area contributed by atoms with Gasteiger partial charge in [0.15, 0.2) is 23.0 Å². The fourth-order valence-electron chi connectivity index (χ4n) is 5.01. The Morgan fingerprint density at radius 1 is 0.973 bits per heavy atom. The number of carbonyl (C=O) groups excluding carboxylic acids is 2. The smallest absolute Gasteiger partial charge is 0.295 e. The third-order valence-electron chi connectivity index (χ3n) is 6.99. The summed E-state index contributed by atoms with van der Waals surface area (Å²) >= 11 is 0. The number of hydrogen-bond donors (Lipinski definition) is 2. The van der Waals surface area contributed by atoms with E-state index in [0.29, 0.717) is 73.6 Å². The lowest BCUT2D eigenvalue weighted by atomic mass is 9.94. The third kappa shape index (κ3) is 4.82. The molecule has 5 rings (SSSR count). The van der Waals surface area contributed by atoms with Crippen LogP contribution < -0.4 is 23.8 Å². The van der Waals surface area contributed by atoms with Crippen LogP contribution in [0.1, 0.15) is 17.2 Å². The molecule has 10 nitrogen and oxygen atoms in total. The number of amides is 1. The number of quaternary nitrogens is 1. The Morgan fingerprint density at radius 2 is 1.70 bits per heavy atom. The second-order valence-corrected chi connectivity index (χ2v) is 9.08. The van der Waals surface area contributed by atoms with Crippen molar-refractivity contribution in [1.29, 1.82) is 0 Å². The van der Waals surface area contributed by atoms with Gasteiger partial charge in [0.25, 0.3) is 11.7 Å². The normalized spacial score (nSPS) is 21.2. The van der Waals surface area contributed by atoms with Crippen molar-refractivity contribution in [3.05, 3.63) is 53.1 Å². The van der Waals surface area contributed by atoms with Gasteiger partial charge in [-0.1, -0.05) is 6.07 Å². The summed E-state index contributed by atoms with van der Waals surface area (Å²) in [6.07, 6.45) is 0. The molecule has 0 aromatic heterocycles. The van der Waals surface area contributed by atoms with Crippen LogP contribution >= 0.6 is 0 Å². The number of nitrogens with zero attached hydrogens (tertiary/aromatic N) is 1. The number of aliphatic hydroxyl groups is 1. The van der Waals surface area contributed by atoms with E-state index in [4.69, 9.17) is 23.7 Å². The zero-order valence-electron chi connectivity index (χ0n) is 21.0. The summed E-state index contributed by atoms with van der Waals surface area (Å²) in [6, 6.07) is 9.41. The molecule has 196 valence electrons. The first kappa shape index (κ1) is 24.9. The van der Waals surface area contributed by atoms with E-state index in [1.165, 1.54) is 24.0 Å². The first-order valence-corrected chi connectivity index (χ1v) is 12.3. The highest BCUT2D eigenvalue weighted by atomic mass is 16.6. The number of ketones is 1. The van der Waals surface area contributed by atoms with E-state index in [2.05, 4.69) is 0 Å². The van der Waals surface area contributed by atoms with E-state index in [9.17, 15) is 14.7 Å². The molecule has 10 heteroatoms. The van der Waals surface area contributed by atoms with Gasteiger partial charge in [0.05, 0.1) is 52.1 Å². The van der Waals surface area contributed by atoms with Crippen LogP contribution in [0.2, 0.25) is 0 Å². The molecule has 37 heavy (non-hydrogen) atoms. The zero-order chi connectivity index (χ0) is 25.9. The van der Waals surface area contributed by atoms with Crippen molar-refractivity contribution in [3.8, 4) is 23.0 Å². The molecule has 2 N–H and O–H groups in total. The minimum Gasteiger partial charge on any atom is -0.507 e. The summed E-state index contributed by atoms with van der Waals surface area (Å²) in [4.78, 5) is 29.5. The van der Waals surface area contributed by atoms with Crippen LogP contribution in [0.5, 0.6) is 23.0 Å². The van der Waals surface area contributed by atoms with Crippen molar-refractivity contribution >= 4 is 17.4 Å². The number of aliphatic hydroxyl groups excluding tert-OH is 1. The number of methoxy groups -OCH3 is 2. The molecule has 3 aliphatic heterocycles. The molecular formula is C27H31N2O8+. The lowest BCUT2D eigenvalue weighted by Gasteiger charge is -2.29. The molecule has 0 bridgehead atoms. The molecule has 3 heterocycles. The van der Waals surface area contributed by atoms with Crippen LogP contribution in [0.3, 0.4) is 0 Å². The number of benzene rings is 2. The van der Waals surface area contributed by atoms with Gasteiger partial charge in [0.2, 0.25) is 0 Å². The van der Waals surface area contributed by atoms with E-state index in [-0.39, 0.29) is 11.3 Å². The molecule has 0 aliphatic carbocycles. The van der Waals surface area contributed by atoms with Crippen molar-refractivity contribution < 1.29 is 43.3 Å². The van der Waals surface area contributed by atoms with Gasteiger partial charge in [-0.05, 0) is 35.9 Å². The van der Waals surface area contributed by atoms with Gasteiger partial charge >= 0.3 is 0 Å². The van der Waals surface area contributed by atoms with Crippen LogP contribution in [0.4, 0.5) is 0 Å². The second-order valence-electron chi connectivity index (χ2n) is 9.08. The van der Waals surface area contributed by atoms with Crippen LogP contribution in [0.15, 0.2) is 42.0 Å². The maximum atomic E-state index is 13.4. The Bertz CT molecular complexity index is 1220. The first-order chi connectivity index (χ1) is 18.0. The lowest BCUT2D eigenvalue weighted by molar-refractivity contribution is -0.907. The summed E-state index contributed by atoms with van der Waals surface area (Å²) in [5.74, 6) is 0.375. The molecule has 2 saturated heterocycles. The fraction of sp³-hybridized carbons (Fsp3) is 0.407. The van der Waals surface area contributed by atoms with Crippen molar-refractivity contribution in [2.45, 2.75) is 6.04 Å². The van der Waals surface area contributed by atoms with E-state index < -0.39 is 17.7 Å². The Balaban J connectivity index is 1.57. The van der Waals surface area contributed by atoms with E-state index in [1.54, 1.807) is 36.4 Å². The maximum Gasteiger partial charge on any atom is 0.295 e. The maximum absolute atomic E-state index is 13.4. The van der Waals surface area contributed by atoms with Gasteiger partial charge in [-0.2, -0.15) is 0 Å². The van der Waals surface area contributed by atoms with Crippen LogP contribution in [0, 0.1) is 0 Å². The van der Waals surface area contributed by atoms with Crippen molar-refractivity contribution in [3.63, 3.8) is 0 Å². The Hall–Kier alpha value is -3.76. The number of ether oxygens (including phenoxy) is 5. The molecule has 0 unspecified atom stereocenters. The largest absolute Gasteiger partial charge is 0.507 e. The van der Waals surface area contributed by atoms with Crippen LogP contribution in [-0.2, 0) is 14.3 Å². The van der Waals surface area contributed by atoms with Crippen molar-refractivity contribution in [2.75, 3.05) is 66.8 Å². The summed E-state index contributed by atoms with van der Waals surface area (Å²) in [7, 11) is 3.06. The number of likely N-dealkylation sites (tertiary alicyclic amines) is 1. The van der Waals surface area contributed by atoms with Crippen molar-refractivity contribution in [2.24, 2.45) is 0 Å². The molecule has 2 fully saturated rings. The van der Waals surface area contributed by atoms with Crippen LogP contribution in [-0.4, -0.2) is 88.5 Å². The molecule has 2 aromatic rings. The van der Waals surface area contributed by atoms with E-state index in [1.807, 2.05) is 0 Å². The molecule has 3 aliphatic rings. The summed E-state index contributed by atoms with van der Waals surface area (Å²) in [5.41, 5.74) is 1.02. The molecule has 1 amide bonds. The van der Waals surface area contributed by atoms with Crippen molar-refractivity contribution in [1.82, 2.24) is 4.90 Å². The van der Waals surface area contributed by atoms with E-state index in [0.717, 1.165) is 13.1 Å². The summed E-state index contributed by atoms with van der Waals surface area (Å²) in [5, 5.41) is 11.4. The zero-order valence-corrected chi connectivity index (χ0v) is 21.0. The Morgan fingerprint density at radius 3 is 2.43 bits per heavy atom. The lowest BCUT2D eigenvalue weighted by Crippen LogP contribution is -3.14. The highest BCUT2D eigenvalue weighted by molar-refractivity contribution is 6.46. The predicted octanol–water partition coefficient (Wildman–Crippen LogP) is 0.812. The minimum absolute atomic E-state index is 0.0193. The Labute approximate surface area is 214 Å². The Kier molecular flexibility index (Phi) is 7.20. The summed E-state index contributed by atoms with van der Waals surface area (Å²) < 4.78 is 27.5. The molecule has 2 aromatic carbocycles. The van der Waals surface area contributed by atoms with Gasteiger partial charge in [0, 0.05) is 5.56 Å². The topological polar surface area (TPSA) is 108 Å². The number of carbonyl (C=O) groups is 2. The fourth-order valence-corrected chi connectivity index (χ4v) is 5.01. The second kappa shape index (κ2) is 10.7. The highest BCUT2D eigenvalue weighted by Crippen LogP contribution is 2.42. The molecule has 1 atom stereocenters. The monoisotopic (exact) mass is 511 g/mol. The van der Waals surface area contributed by atoms with E-state index >= 15 is 0 Å². The van der Waals surface area contributed by atoms with Gasteiger partial charge in [-0.15, -0.1) is 0 Å². The molecule has 0 radical (unpaired) electrons. The molecule has 0 saturated carbocycles. The van der Waals surface area contributed by atoms with Gasteiger partial charge in [0.1, 0.15) is 32.1 Å². The number of rotatable bonds is 7. The van der Waals surface area contributed by atoms with Gasteiger partial charge < -0.3 is 38.6 Å². The average molecular weight is 512 g/mol. The number of Topliss-reactive ketones (excluding diaryl/α,β-unsaturated/α-hetero) is 1. The quantitative estimate of drug-likeness (QED) is 0.320. The number of nitrogens with one attached hydrogen (secondary N) is 1. The van der Waals surface area contributed by atoms with Crippen LogP contribution in [0.25, 0.3) is 5.76 Å². The standard InChI is InChI=1S/C27H30N2O8/c1-33-19-5-3-17(15-21(19)34-2)24-23(25(30)18-4-6-20-22(16-18)37-14-13-36-20)26(31)27(32)29(24)8-7-28-9-11-35-12-10-28/h3-6,15-16,24,30H,7-14H2,1-2H3/p+1/t24-/m1/s1. The first-order valence-electron chi connectivity index (χ1n) is 12.3. The minimum atomic E-state index is -0.798. The van der Waals surface area contributed by atoms with Gasteiger partial charge in [-0.3, -0.25) is 9.59 Å². The third-order valence-corrected chi connectivity index (χ3v) is 6.99. The SMILES string of the molecule is COc1ccc([C@@H]2C(=C(O)c3ccc4c(c3)OCCO4)C(=O)C(=O)N2CC[NH+]2CCOCC2)cc1OC. The number of fused-ring (bicyclic) bond motifs is 1. The predicted molar refractivity (Wildman–Crippen MR) is 132 cm³/mol. The molecular weight excluding hydrogens is 480 g/mol. The average Bonchev–Trinajstić information content (AvgIpc) is 3.20. The summed E-state index contributed by atoms with van der Waals surface area (Å²) in [6.45, 7) is 4.82.